The minimum Gasteiger partial charge on any atom is -0.372 e. The lowest BCUT2D eigenvalue weighted by Gasteiger charge is -2.18. The van der Waals surface area contributed by atoms with E-state index in [1.807, 2.05) is 37.3 Å². The molecule has 86 valence electrons. The van der Waals surface area contributed by atoms with Crippen LogP contribution in [0.3, 0.4) is 0 Å². The molecular weight excluding hydrogens is 230 g/mol. The van der Waals surface area contributed by atoms with Gasteiger partial charge in [0.2, 0.25) is 0 Å². The van der Waals surface area contributed by atoms with Crippen molar-refractivity contribution in [3.05, 3.63) is 35.9 Å². The van der Waals surface area contributed by atoms with E-state index in [1.165, 1.54) is 5.56 Å². The first kappa shape index (κ1) is 14.8. The van der Waals surface area contributed by atoms with Crippen LogP contribution in [0.5, 0.6) is 0 Å². The monoisotopic (exact) mass is 247 g/mol. The fourth-order valence-electron chi connectivity index (χ4n) is 1.07. The highest BCUT2D eigenvalue weighted by Gasteiger charge is 2.10. The molecule has 0 saturated heterocycles. The first-order valence-electron chi connectivity index (χ1n) is 4.76. The molecule has 0 radical (unpaired) electrons. The largest absolute Gasteiger partial charge is 0.372 e. The van der Waals surface area contributed by atoms with Crippen molar-refractivity contribution in [1.82, 2.24) is 0 Å². The van der Waals surface area contributed by atoms with E-state index in [0.29, 0.717) is 12.4 Å². The van der Waals surface area contributed by atoms with Crippen molar-refractivity contribution in [2.24, 2.45) is 5.73 Å². The van der Waals surface area contributed by atoms with Gasteiger partial charge in [0.25, 0.3) is 0 Å². The van der Waals surface area contributed by atoms with Crippen LogP contribution in [-0.4, -0.2) is 17.9 Å². The number of halogens is 1. The zero-order valence-corrected chi connectivity index (χ0v) is 10.5. The Labute approximate surface area is 103 Å². The van der Waals surface area contributed by atoms with E-state index in [1.54, 1.807) is 0 Å². The summed E-state index contributed by atoms with van der Waals surface area (Å²) in [4.78, 5) is 0. The second kappa shape index (κ2) is 7.99. The molecule has 0 fully saturated rings. The third-order valence-electron chi connectivity index (χ3n) is 2.17. The van der Waals surface area contributed by atoms with Gasteiger partial charge in [0.1, 0.15) is 0 Å². The van der Waals surface area contributed by atoms with Crippen molar-refractivity contribution in [3.63, 3.8) is 0 Å². The summed E-state index contributed by atoms with van der Waals surface area (Å²) >= 11 is 4.13. The predicted octanol–water partition coefficient (Wildman–Crippen LogP) is 2.27. The average molecular weight is 248 g/mol. The summed E-state index contributed by atoms with van der Waals surface area (Å²) in [6.45, 7) is 2.59. The Kier molecular flexibility index (Phi) is 7.88. The fraction of sp³-hybridized carbons (Fsp3) is 0.455. The molecule has 0 heterocycles. The van der Waals surface area contributed by atoms with Crippen LogP contribution in [0.25, 0.3) is 0 Å². The molecule has 2 unspecified atom stereocenters. The molecule has 4 heteroatoms. The maximum absolute atomic E-state index is 5.78. The topological polar surface area (TPSA) is 35.2 Å². The van der Waals surface area contributed by atoms with E-state index >= 15 is 0 Å². The van der Waals surface area contributed by atoms with Gasteiger partial charge < -0.3 is 10.5 Å². The van der Waals surface area contributed by atoms with E-state index in [2.05, 4.69) is 12.6 Å². The molecule has 0 aromatic heterocycles. The molecule has 0 saturated carbocycles. The summed E-state index contributed by atoms with van der Waals surface area (Å²) < 4.78 is 5.61. The van der Waals surface area contributed by atoms with Crippen molar-refractivity contribution in [1.29, 1.82) is 0 Å². The number of ether oxygens (including phenoxy) is 1. The standard InChI is InChI=1S/C11H17NOS.ClH/c1-9(11(12)8-14)13-7-10-5-3-2-4-6-10;/h2-6,9,11,14H,7-8,12H2,1H3;1H. The van der Waals surface area contributed by atoms with E-state index < -0.39 is 0 Å². The van der Waals surface area contributed by atoms with E-state index in [0.717, 1.165) is 0 Å². The summed E-state index contributed by atoms with van der Waals surface area (Å²) in [6.07, 6.45) is 0.0488. The smallest absolute Gasteiger partial charge is 0.0721 e. The molecule has 1 aromatic carbocycles. The van der Waals surface area contributed by atoms with Crippen molar-refractivity contribution in [2.75, 3.05) is 5.75 Å². The molecular formula is C11H18ClNOS. The zero-order valence-electron chi connectivity index (χ0n) is 8.80. The van der Waals surface area contributed by atoms with Crippen molar-refractivity contribution in [3.8, 4) is 0 Å². The lowest BCUT2D eigenvalue weighted by atomic mass is 10.2. The minimum absolute atomic E-state index is 0. The lowest BCUT2D eigenvalue weighted by Crippen LogP contribution is -2.36. The summed E-state index contributed by atoms with van der Waals surface area (Å²) in [5, 5.41) is 0. The normalized spacial score (nSPS) is 14.1. The van der Waals surface area contributed by atoms with Crippen LogP contribution in [0.15, 0.2) is 30.3 Å². The van der Waals surface area contributed by atoms with E-state index in [-0.39, 0.29) is 24.6 Å². The quantitative estimate of drug-likeness (QED) is 0.783. The molecule has 2 atom stereocenters. The highest BCUT2D eigenvalue weighted by molar-refractivity contribution is 7.80. The number of rotatable bonds is 5. The van der Waals surface area contributed by atoms with Crippen LogP contribution < -0.4 is 5.73 Å². The number of nitrogens with two attached hydrogens (primary N) is 1. The summed E-state index contributed by atoms with van der Waals surface area (Å²) in [7, 11) is 0. The Morgan fingerprint density at radius 3 is 2.47 bits per heavy atom. The molecule has 0 aliphatic heterocycles. The fourth-order valence-corrected chi connectivity index (χ4v) is 1.37. The van der Waals surface area contributed by atoms with Crippen LogP contribution in [0.4, 0.5) is 0 Å². The maximum atomic E-state index is 5.78. The van der Waals surface area contributed by atoms with Gasteiger partial charge in [0.05, 0.1) is 12.7 Å². The third-order valence-corrected chi connectivity index (χ3v) is 2.59. The zero-order chi connectivity index (χ0) is 10.4. The Hall–Kier alpha value is -0.220. The minimum atomic E-state index is 0. The number of thiol groups is 1. The molecule has 0 amide bonds. The molecule has 1 rings (SSSR count). The predicted molar refractivity (Wildman–Crippen MR) is 69.8 cm³/mol. The van der Waals surface area contributed by atoms with Crippen LogP contribution in [0.2, 0.25) is 0 Å². The summed E-state index contributed by atoms with van der Waals surface area (Å²) in [6, 6.07) is 10.1. The Balaban J connectivity index is 0.00000196. The Bertz CT molecular complexity index is 258. The second-order valence-electron chi connectivity index (χ2n) is 3.35. The van der Waals surface area contributed by atoms with Gasteiger partial charge in [-0.25, -0.2) is 0 Å². The van der Waals surface area contributed by atoms with Crippen molar-refractivity contribution in [2.45, 2.75) is 25.7 Å². The summed E-state index contributed by atoms with van der Waals surface area (Å²) in [5.74, 6) is 0.649. The SMILES string of the molecule is CC(OCc1ccccc1)C(N)CS.Cl. The van der Waals surface area contributed by atoms with Crippen molar-refractivity contribution >= 4 is 25.0 Å². The van der Waals surface area contributed by atoms with E-state index in [9.17, 15) is 0 Å². The molecule has 1 aromatic rings. The van der Waals surface area contributed by atoms with Crippen molar-refractivity contribution < 1.29 is 4.74 Å². The third kappa shape index (κ3) is 5.42. The van der Waals surface area contributed by atoms with Gasteiger partial charge in [-0.15, -0.1) is 12.4 Å². The first-order valence-corrected chi connectivity index (χ1v) is 5.39. The van der Waals surface area contributed by atoms with E-state index in [4.69, 9.17) is 10.5 Å². The van der Waals surface area contributed by atoms with Crippen LogP contribution in [-0.2, 0) is 11.3 Å². The molecule has 15 heavy (non-hydrogen) atoms. The molecule has 0 spiro atoms. The molecule has 2 N–H and O–H groups in total. The Morgan fingerprint density at radius 2 is 1.93 bits per heavy atom. The Morgan fingerprint density at radius 1 is 1.33 bits per heavy atom. The lowest BCUT2D eigenvalue weighted by molar-refractivity contribution is 0.0408. The number of hydrogen-bond donors (Lipinski definition) is 2. The van der Waals surface area contributed by atoms with Crippen LogP contribution >= 0.6 is 25.0 Å². The van der Waals surface area contributed by atoms with Crippen LogP contribution in [0.1, 0.15) is 12.5 Å². The second-order valence-corrected chi connectivity index (χ2v) is 3.71. The molecule has 0 bridgehead atoms. The number of benzene rings is 1. The van der Waals surface area contributed by atoms with Gasteiger partial charge in [0, 0.05) is 11.8 Å². The van der Waals surface area contributed by atoms with Gasteiger partial charge in [-0.2, -0.15) is 12.6 Å². The van der Waals surface area contributed by atoms with Gasteiger partial charge in [-0.05, 0) is 12.5 Å². The van der Waals surface area contributed by atoms with Gasteiger partial charge >= 0.3 is 0 Å². The van der Waals surface area contributed by atoms with Gasteiger partial charge in [-0.3, -0.25) is 0 Å². The maximum Gasteiger partial charge on any atom is 0.0721 e. The number of hydrogen-bond acceptors (Lipinski definition) is 3. The average Bonchev–Trinajstić information content (AvgIpc) is 2.26. The van der Waals surface area contributed by atoms with Crippen LogP contribution in [0, 0.1) is 0 Å². The first-order chi connectivity index (χ1) is 6.74. The summed E-state index contributed by atoms with van der Waals surface area (Å²) in [5.41, 5.74) is 6.95. The molecule has 0 aliphatic carbocycles. The molecule has 0 aliphatic rings. The van der Waals surface area contributed by atoms with Gasteiger partial charge in [0.15, 0.2) is 0 Å². The van der Waals surface area contributed by atoms with Gasteiger partial charge in [-0.1, -0.05) is 30.3 Å². The highest BCUT2D eigenvalue weighted by Crippen LogP contribution is 2.05. The highest BCUT2D eigenvalue weighted by atomic mass is 35.5. The molecule has 2 nitrogen and oxygen atoms in total.